The molecule has 0 aliphatic rings. The number of amides is 1. The number of para-hydroxylation sites is 2. The van der Waals surface area contributed by atoms with Gasteiger partial charge in [-0.2, -0.15) is 0 Å². The van der Waals surface area contributed by atoms with Gasteiger partial charge in [0.15, 0.2) is 0 Å². The first kappa shape index (κ1) is 17.1. The number of hydrogen-bond acceptors (Lipinski definition) is 2. The predicted molar refractivity (Wildman–Crippen MR) is 105 cm³/mol. The summed E-state index contributed by atoms with van der Waals surface area (Å²) in [5, 5.41) is 6.75. The first-order chi connectivity index (χ1) is 12.1. The Morgan fingerprint density at radius 2 is 1.44 bits per heavy atom. The molecule has 3 rings (SSSR count). The fourth-order valence-electron chi connectivity index (χ4n) is 2.57. The van der Waals surface area contributed by atoms with Gasteiger partial charge in [0.2, 0.25) is 0 Å². The van der Waals surface area contributed by atoms with Gasteiger partial charge in [-0.05, 0) is 55.3 Å². The Bertz CT molecular complexity index is 921. The number of nitrogens with one attached hydrogen (secondary N) is 2. The van der Waals surface area contributed by atoms with Crippen molar-refractivity contribution < 1.29 is 4.79 Å². The second-order valence-corrected chi connectivity index (χ2v) is 6.26. The van der Waals surface area contributed by atoms with Crippen molar-refractivity contribution in [3.63, 3.8) is 0 Å². The molecular formula is C21H19ClN2O. The van der Waals surface area contributed by atoms with Crippen LogP contribution < -0.4 is 10.6 Å². The lowest BCUT2D eigenvalue weighted by Gasteiger charge is -2.15. The molecule has 25 heavy (non-hydrogen) atoms. The van der Waals surface area contributed by atoms with Crippen molar-refractivity contribution in [2.45, 2.75) is 13.8 Å². The summed E-state index contributed by atoms with van der Waals surface area (Å²) in [6.45, 7) is 4.13. The van der Waals surface area contributed by atoms with Gasteiger partial charge in [0, 0.05) is 5.69 Å². The molecule has 0 spiro atoms. The fourth-order valence-corrected chi connectivity index (χ4v) is 2.76. The van der Waals surface area contributed by atoms with E-state index in [4.69, 9.17) is 11.6 Å². The van der Waals surface area contributed by atoms with Gasteiger partial charge in [0.1, 0.15) is 0 Å². The van der Waals surface area contributed by atoms with Crippen molar-refractivity contribution in [2.24, 2.45) is 0 Å². The van der Waals surface area contributed by atoms with E-state index in [2.05, 4.69) is 30.5 Å². The Morgan fingerprint density at radius 1 is 0.800 bits per heavy atom. The summed E-state index contributed by atoms with van der Waals surface area (Å²) in [5.41, 5.74) is 5.24. The van der Waals surface area contributed by atoms with Crippen LogP contribution in [0, 0.1) is 13.8 Å². The molecule has 2 N–H and O–H groups in total. The Kier molecular flexibility index (Phi) is 5.05. The molecule has 1 amide bonds. The van der Waals surface area contributed by atoms with Gasteiger partial charge in [-0.3, -0.25) is 4.79 Å². The van der Waals surface area contributed by atoms with Crippen molar-refractivity contribution in [3.8, 4) is 0 Å². The van der Waals surface area contributed by atoms with E-state index in [1.807, 2.05) is 42.5 Å². The summed E-state index contributed by atoms with van der Waals surface area (Å²) in [6, 6.07) is 20.7. The third-order valence-corrected chi connectivity index (χ3v) is 4.50. The quantitative estimate of drug-likeness (QED) is 0.610. The molecule has 0 aliphatic carbocycles. The monoisotopic (exact) mass is 350 g/mol. The number of carbonyl (C=O) groups excluding carboxylic acids is 1. The summed E-state index contributed by atoms with van der Waals surface area (Å²) in [6.07, 6.45) is 0. The van der Waals surface area contributed by atoms with Crippen molar-refractivity contribution in [3.05, 3.63) is 88.4 Å². The normalized spacial score (nSPS) is 10.4. The van der Waals surface area contributed by atoms with Crippen LogP contribution in [0.15, 0.2) is 66.7 Å². The highest BCUT2D eigenvalue weighted by atomic mass is 35.5. The minimum atomic E-state index is -0.207. The molecule has 0 aromatic heterocycles. The number of rotatable bonds is 4. The molecule has 0 saturated carbocycles. The zero-order valence-electron chi connectivity index (χ0n) is 14.1. The summed E-state index contributed by atoms with van der Waals surface area (Å²) in [5.74, 6) is -0.207. The second kappa shape index (κ2) is 7.41. The lowest BCUT2D eigenvalue weighted by atomic mass is 10.1. The molecule has 4 heteroatoms. The molecule has 0 heterocycles. The molecule has 0 unspecified atom stereocenters. The summed E-state index contributed by atoms with van der Waals surface area (Å²) in [4.78, 5) is 12.7. The van der Waals surface area contributed by atoms with E-state index in [1.165, 1.54) is 5.56 Å². The van der Waals surface area contributed by atoms with Gasteiger partial charge in [-0.25, -0.2) is 0 Å². The minimum Gasteiger partial charge on any atom is -0.355 e. The number of halogens is 1. The van der Waals surface area contributed by atoms with Crippen LogP contribution in [-0.2, 0) is 0 Å². The van der Waals surface area contributed by atoms with Crippen LogP contribution >= 0.6 is 11.6 Å². The highest BCUT2D eigenvalue weighted by Crippen LogP contribution is 2.27. The topological polar surface area (TPSA) is 41.1 Å². The number of carbonyl (C=O) groups is 1. The van der Waals surface area contributed by atoms with Crippen LogP contribution in [0.1, 0.15) is 21.5 Å². The van der Waals surface area contributed by atoms with Gasteiger partial charge in [0.05, 0.1) is 22.0 Å². The van der Waals surface area contributed by atoms with E-state index >= 15 is 0 Å². The van der Waals surface area contributed by atoms with Gasteiger partial charge >= 0.3 is 0 Å². The average molecular weight is 351 g/mol. The van der Waals surface area contributed by atoms with Gasteiger partial charge < -0.3 is 10.6 Å². The third kappa shape index (κ3) is 3.83. The number of hydrogen-bond donors (Lipinski definition) is 2. The molecule has 0 atom stereocenters. The second-order valence-electron chi connectivity index (χ2n) is 5.85. The Hall–Kier alpha value is -2.78. The molecule has 0 radical (unpaired) electrons. The van der Waals surface area contributed by atoms with Crippen molar-refractivity contribution in [1.29, 1.82) is 0 Å². The van der Waals surface area contributed by atoms with Crippen molar-refractivity contribution in [1.82, 2.24) is 0 Å². The van der Waals surface area contributed by atoms with E-state index in [0.29, 0.717) is 16.3 Å². The molecular weight excluding hydrogens is 332 g/mol. The van der Waals surface area contributed by atoms with Gasteiger partial charge in [-0.15, -0.1) is 0 Å². The number of benzene rings is 3. The largest absolute Gasteiger partial charge is 0.355 e. The molecule has 0 aliphatic heterocycles. The van der Waals surface area contributed by atoms with Crippen LogP contribution in [0.4, 0.5) is 17.1 Å². The maximum Gasteiger partial charge on any atom is 0.257 e. The Balaban J connectivity index is 1.89. The molecule has 126 valence electrons. The van der Waals surface area contributed by atoms with Crippen LogP contribution in [0.5, 0.6) is 0 Å². The molecule has 3 aromatic carbocycles. The van der Waals surface area contributed by atoms with Crippen LogP contribution in [0.2, 0.25) is 5.02 Å². The number of aryl methyl sites for hydroxylation is 1. The molecule has 3 nitrogen and oxygen atoms in total. The lowest BCUT2D eigenvalue weighted by molar-refractivity contribution is 0.102. The fraction of sp³-hybridized carbons (Fsp3) is 0.0952. The van der Waals surface area contributed by atoms with E-state index in [9.17, 15) is 4.79 Å². The van der Waals surface area contributed by atoms with Crippen LogP contribution in [0.3, 0.4) is 0 Å². The first-order valence-corrected chi connectivity index (χ1v) is 8.42. The molecule has 0 fully saturated rings. The maximum atomic E-state index is 12.7. The first-order valence-electron chi connectivity index (χ1n) is 8.04. The van der Waals surface area contributed by atoms with Crippen molar-refractivity contribution >= 4 is 34.6 Å². The molecule has 0 saturated heterocycles. The number of anilines is 3. The average Bonchev–Trinajstić information content (AvgIpc) is 2.61. The minimum absolute atomic E-state index is 0.207. The standard InChI is InChI=1S/C21H19ClN2O/c1-14-8-7-13-18(15(14)2)23-19-11-5-3-9-16(19)21(25)24-20-12-6-4-10-17(20)22/h3-13,23H,1-2H3,(H,24,25). The predicted octanol–water partition coefficient (Wildman–Crippen LogP) is 5.95. The Morgan fingerprint density at radius 3 is 2.20 bits per heavy atom. The van der Waals surface area contributed by atoms with E-state index in [0.717, 1.165) is 16.9 Å². The van der Waals surface area contributed by atoms with E-state index in [-0.39, 0.29) is 5.91 Å². The smallest absolute Gasteiger partial charge is 0.257 e. The zero-order chi connectivity index (χ0) is 17.8. The highest BCUT2D eigenvalue weighted by molar-refractivity contribution is 6.34. The summed E-state index contributed by atoms with van der Waals surface area (Å²) < 4.78 is 0. The maximum absolute atomic E-state index is 12.7. The summed E-state index contributed by atoms with van der Waals surface area (Å²) in [7, 11) is 0. The third-order valence-electron chi connectivity index (χ3n) is 4.17. The van der Waals surface area contributed by atoms with Crippen molar-refractivity contribution in [2.75, 3.05) is 10.6 Å². The molecule has 3 aromatic rings. The zero-order valence-corrected chi connectivity index (χ0v) is 14.9. The summed E-state index contributed by atoms with van der Waals surface area (Å²) >= 11 is 6.13. The Labute approximate surface area is 152 Å². The van der Waals surface area contributed by atoms with Crippen LogP contribution in [-0.4, -0.2) is 5.91 Å². The van der Waals surface area contributed by atoms with E-state index in [1.54, 1.807) is 18.2 Å². The lowest BCUT2D eigenvalue weighted by Crippen LogP contribution is -2.14. The van der Waals surface area contributed by atoms with E-state index < -0.39 is 0 Å². The van der Waals surface area contributed by atoms with Gasteiger partial charge in [-0.1, -0.05) is 48.0 Å². The van der Waals surface area contributed by atoms with Crippen LogP contribution in [0.25, 0.3) is 0 Å². The SMILES string of the molecule is Cc1cccc(Nc2ccccc2C(=O)Nc2ccccc2Cl)c1C. The molecule has 0 bridgehead atoms. The highest BCUT2D eigenvalue weighted by Gasteiger charge is 2.13. The van der Waals surface area contributed by atoms with Gasteiger partial charge in [0.25, 0.3) is 5.91 Å².